The first-order chi connectivity index (χ1) is 12.7. The van der Waals surface area contributed by atoms with Gasteiger partial charge in [0, 0.05) is 36.9 Å². The standard InChI is InChI=1S/C22H22N4/c1-15-9-20-19(14-26-22(20)25-11-15)10-17-7-8-21(23-12-17)24-13-18-6-4-3-5-16(18)2/h3-9,11-12,14H,10,13H2,1-2H3,(H,23,24)(H,25,26). The molecule has 0 spiro atoms. The third-order valence-electron chi connectivity index (χ3n) is 4.69. The molecule has 0 aliphatic rings. The van der Waals surface area contributed by atoms with E-state index in [1.54, 1.807) is 0 Å². The van der Waals surface area contributed by atoms with Gasteiger partial charge in [0.2, 0.25) is 0 Å². The molecule has 4 nitrogen and oxygen atoms in total. The lowest BCUT2D eigenvalue weighted by atomic mass is 10.1. The van der Waals surface area contributed by atoms with Crippen LogP contribution >= 0.6 is 0 Å². The summed E-state index contributed by atoms with van der Waals surface area (Å²) in [6.45, 7) is 4.98. The molecule has 0 saturated carbocycles. The molecule has 26 heavy (non-hydrogen) atoms. The highest BCUT2D eigenvalue weighted by atomic mass is 15.0. The van der Waals surface area contributed by atoms with Crippen LogP contribution in [0.25, 0.3) is 11.0 Å². The molecular weight excluding hydrogens is 320 g/mol. The van der Waals surface area contributed by atoms with Gasteiger partial charge in [0.05, 0.1) is 0 Å². The van der Waals surface area contributed by atoms with Crippen LogP contribution in [-0.4, -0.2) is 15.0 Å². The number of nitrogens with one attached hydrogen (secondary N) is 2. The second-order valence-corrected chi connectivity index (χ2v) is 6.73. The Morgan fingerprint density at radius 3 is 2.65 bits per heavy atom. The topological polar surface area (TPSA) is 53.6 Å². The van der Waals surface area contributed by atoms with Gasteiger partial charge in [-0.05, 0) is 53.8 Å². The van der Waals surface area contributed by atoms with Crippen molar-refractivity contribution in [3.05, 3.63) is 88.9 Å². The Hall–Kier alpha value is -3.14. The number of anilines is 1. The van der Waals surface area contributed by atoms with Crippen molar-refractivity contribution in [2.75, 3.05) is 5.32 Å². The Morgan fingerprint density at radius 2 is 1.85 bits per heavy atom. The zero-order valence-corrected chi connectivity index (χ0v) is 15.1. The van der Waals surface area contributed by atoms with E-state index in [0.29, 0.717) is 0 Å². The summed E-state index contributed by atoms with van der Waals surface area (Å²) in [5, 5.41) is 4.58. The van der Waals surface area contributed by atoms with Crippen molar-refractivity contribution >= 4 is 16.9 Å². The van der Waals surface area contributed by atoms with Gasteiger partial charge in [-0.1, -0.05) is 30.3 Å². The molecule has 0 fully saturated rings. The first-order valence-corrected chi connectivity index (χ1v) is 8.85. The molecule has 3 aromatic heterocycles. The van der Waals surface area contributed by atoms with Crippen LogP contribution < -0.4 is 5.32 Å². The molecule has 0 bridgehead atoms. The van der Waals surface area contributed by atoms with E-state index in [2.05, 4.69) is 70.5 Å². The number of hydrogen-bond acceptors (Lipinski definition) is 3. The van der Waals surface area contributed by atoms with Crippen LogP contribution in [0.15, 0.2) is 61.1 Å². The molecule has 130 valence electrons. The van der Waals surface area contributed by atoms with E-state index in [9.17, 15) is 0 Å². The monoisotopic (exact) mass is 342 g/mol. The summed E-state index contributed by atoms with van der Waals surface area (Å²) in [5.41, 5.74) is 7.13. The maximum absolute atomic E-state index is 4.56. The van der Waals surface area contributed by atoms with Crippen molar-refractivity contribution < 1.29 is 0 Å². The molecule has 4 aromatic rings. The van der Waals surface area contributed by atoms with Crippen molar-refractivity contribution in [3.63, 3.8) is 0 Å². The van der Waals surface area contributed by atoms with Gasteiger partial charge in [-0.25, -0.2) is 9.97 Å². The SMILES string of the molecule is Cc1cnc2[nH]cc(Cc3ccc(NCc4ccccc4C)nc3)c2c1. The molecule has 0 atom stereocenters. The Labute approximate surface area is 153 Å². The predicted molar refractivity (Wildman–Crippen MR) is 106 cm³/mol. The lowest BCUT2D eigenvalue weighted by Crippen LogP contribution is -2.03. The summed E-state index contributed by atoms with van der Waals surface area (Å²) >= 11 is 0. The number of aromatic amines is 1. The highest BCUT2D eigenvalue weighted by Crippen LogP contribution is 2.21. The third kappa shape index (κ3) is 3.45. The van der Waals surface area contributed by atoms with Crippen molar-refractivity contribution in [2.24, 2.45) is 0 Å². The molecule has 0 amide bonds. The number of H-pyrrole nitrogens is 1. The Bertz CT molecular complexity index is 1030. The number of aryl methyl sites for hydroxylation is 2. The van der Waals surface area contributed by atoms with Gasteiger partial charge in [0.15, 0.2) is 0 Å². The van der Waals surface area contributed by atoms with E-state index in [4.69, 9.17) is 0 Å². The quantitative estimate of drug-likeness (QED) is 0.549. The van der Waals surface area contributed by atoms with Crippen molar-refractivity contribution in [1.29, 1.82) is 0 Å². The molecule has 3 heterocycles. The number of benzene rings is 1. The smallest absolute Gasteiger partial charge is 0.137 e. The van der Waals surface area contributed by atoms with Crippen molar-refractivity contribution in [2.45, 2.75) is 26.8 Å². The molecule has 4 rings (SSSR count). The number of fused-ring (bicyclic) bond motifs is 1. The van der Waals surface area contributed by atoms with Crippen LogP contribution in [0, 0.1) is 13.8 Å². The first-order valence-electron chi connectivity index (χ1n) is 8.85. The van der Waals surface area contributed by atoms with E-state index in [1.807, 2.05) is 24.7 Å². The predicted octanol–water partition coefficient (Wildman–Crippen LogP) is 4.78. The molecule has 0 saturated heterocycles. The first kappa shape index (κ1) is 16.3. The van der Waals surface area contributed by atoms with Gasteiger partial charge < -0.3 is 10.3 Å². The number of aromatic nitrogens is 3. The Morgan fingerprint density at radius 1 is 0.962 bits per heavy atom. The second kappa shape index (κ2) is 7.00. The van der Waals surface area contributed by atoms with Gasteiger partial charge in [0.1, 0.15) is 11.5 Å². The maximum atomic E-state index is 4.56. The van der Waals surface area contributed by atoms with E-state index in [1.165, 1.54) is 33.2 Å². The average molecular weight is 342 g/mol. The molecular formula is C22H22N4. The van der Waals surface area contributed by atoms with Crippen LogP contribution in [0.2, 0.25) is 0 Å². The molecule has 0 unspecified atom stereocenters. The number of rotatable bonds is 5. The lowest BCUT2D eigenvalue weighted by Gasteiger charge is -2.09. The van der Waals surface area contributed by atoms with E-state index >= 15 is 0 Å². The van der Waals surface area contributed by atoms with Crippen LogP contribution in [0.3, 0.4) is 0 Å². The van der Waals surface area contributed by atoms with Crippen LogP contribution in [-0.2, 0) is 13.0 Å². The van der Waals surface area contributed by atoms with Crippen molar-refractivity contribution in [1.82, 2.24) is 15.0 Å². The van der Waals surface area contributed by atoms with E-state index < -0.39 is 0 Å². The lowest BCUT2D eigenvalue weighted by molar-refractivity contribution is 1.08. The van der Waals surface area contributed by atoms with Crippen molar-refractivity contribution in [3.8, 4) is 0 Å². The van der Waals surface area contributed by atoms with Crippen LogP contribution in [0.5, 0.6) is 0 Å². The summed E-state index contributed by atoms with van der Waals surface area (Å²) in [7, 11) is 0. The molecule has 0 radical (unpaired) electrons. The van der Waals surface area contributed by atoms with Gasteiger partial charge in [-0.3, -0.25) is 0 Å². The minimum Gasteiger partial charge on any atom is -0.366 e. The zero-order chi connectivity index (χ0) is 17.9. The summed E-state index contributed by atoms with van der Waals surface area (Å²) < 4.78 is 0. The van der Waals surface area contributed by atoms with E-state index in [-0.39, 0.29) is 0 Å². The number of hydrogen-bond donors (Lipinski definition) is 2. The van der Waals surface area contributed by atoms with Gasteiger partial charge in [-0.2, -0.15) is 0 Å². The summed E-state index contributed by atoms with van der Waals surface area (Å²) in [6.07, 6.45) is 6.72. The average Bonchev–Trinajstić information content (AvgIpc) is 3.04. The largest absolute Gasteiger partial charge is 0.366 e. The number of nitrogens with zero attached hydrogens (tertiary/aromatic N) is 2. The fraction of sp³-hybridized carbons (Fsp3) is 0.182. The van der Waals surface area contributed by atoms with Crippen LogP contribution in [0.4, 0.5) is 5.82 Å². The zero-order valence-electron chi connectivity index (χ0n) is 15.1. The normalized spacial score (nSPS) is 11.0. The van der Waals surface area contributed by atoms with Gasteiger partial charge in [0.25, 0.3) is 0 Å². The Balaban J connectivity index is 1.45. The van der Waals surface area contributed by atoms with E-state index in [0.717, 1.165) is 24.4 Å². The highest BCUT2D eigenvalue weighted by molar-refractivity contribution is 5.80. The number of pyridine rings is 2. The Kier molecular flexibility index (Phi) is 4.40. The molecule has 2 N–H and O–H groups in total. The van der Waals surface area contributed by atoms with Gasteiger partial charge in [-0.15, -0.1) is 0 Å². The minimum atomic E-state index is 0.784. The maximum Gasteiger partial charge on any atom is 0.137 e. The van der Waals surface area contributed by atoms with Crippen LogP contribution in [0.1, 0.15) is 27.8 Å². The second-order valence-electron chi connectivity index (χ2n) is 6.73. The van der Waals surface area contributed by atoms with Gasteiger partial charge >= 0.3 is 0 Å². The molecule has 4 heteroatoms. The molecule has 0 aliphatic carbocycles. The fourth-order valence-corrected chi connectivity index (χ4v) is 3.16. The third-order valence-corrected chi connectivity index (χ3v) is 4.69. The molecule has 0 aliphatic heterocycles. The fourth-order valence-electron chi connectivity index (χ4n) is 3.16. The molecule has 1 aromatic carbocycles. The highest BCUT2D eigenvalue weighted by Gasteiger charge is 2.06. The summed E-state index contributed by atoms with van der Waals surface area (Å²) in [6, 6.07) is 14.8. The summed E-state index contributed by atoms with van der Waals surface area (Å²) in [5.74, 6) is 0.897. The minimum absolute atomic E-state index is 0.784. The summed E-state index contributed by atoms with van der Waals surface area (Å²) in [4.78, 5) is 12.2.